The molecule has 0 bridgehead atoms. The molecule has 0 aromatic carbocycles. The summed E-state index contributed by atoms with van der Waals surface area (Å²) < 4.78 is 0. The van der Waals surface area contributed by atoms with Gasteiger partial charge in [0.15, 0.2) is 0 Å². The smallest absolute Gasteiger partial charge is 0.273 e. The number of rotatable bonds is 2. The molecule has 1 saturated heterocycles. The number of hydrogen-bond donors (Lipinski definition) is 1. The summed E-state index contributed by atoms with van der Waals surface area (Å²) in [5, 5.41) is 2.64. The Kier molecular flexibility index (Phi) is 3.73. The Bertz CT molecular complexity index is 436. The molecule has 0 spiro atoms. The molecule has 1 aromatic heterocycles. The molecule has 18 heavy (non-hydrogen) atoms. The van der Waals surface area contributed by atoms with Crippen molar-refractivity contribution in [3.63, 3.8) is 0 Å². The van der Waals surface area contributed by atoms with E-state index >= 15 is 0 Å². The number of aromatic nitrogens is 1. The van der Waals surface area contributed by atoms with Gasteiger partial charge >= 0.3 is 0 Å². The summed E-state index contributed by atoms with van der Waals surface area (Å²) in [6.07, 6.45) is 1.09. The first-order valence-electron chi connectivity index (χ1n) is 6.35. The van der Waals surface area contributed by atoms with Gasteiger partial charge in [0, 0.05) is 25.0 Å². The van der Waals surface area contributed by atoms with Gasteiger partial charge in [0.05, 0.1) is 0 Å². The zero-order chi connectivity index (χ0) is 13.3. The van der Waals surface area contributed by atoms with E-state index in [1.165, 1.54) is 11.3 Å². The van der Waals surface area contributed by atoms with Crippen molar-refractivity contribution in [2.75, 3.05) is 13.1 Å². The lowest BCUT2D eigenvalue weighted by Crippen LogP contribution is -2.31. The standard InChI is InChI=1S/C13H21N3OS/c1-13(2,3)9-4-5-16(7-9)12(17)10-8-18-11(6-14)15-10/h8-9H,4-7,14H2,1-3H3. The molecule has 100 valence electrons. The van der Waals surface area contributed by atoms with Gasteiger partial charge in [-0.15, -0.1) is 11.3 Å². The van der Waals surface area contributed by atoms with Crippen LogP contribution in [0.25, 0.3) is 0 Å². The summed E-state index contributed by atoms with van der Waals surface area (Å²) in [4.78, 5) is 18.5. The summed E-state index contributed by atoms with van der Waals surface area (Å²) in [6, 6.07) is 0. The molecule has 5 heteroatoms. The minimum Gasteiger partial charge on any atom is -0.337 e. The lowest BCUT2D eigenvalue weighted by molar-refractivity contribution is 0.0771. The maximum absolute atomic E-state index is 12.3. The Morgan fingerprint density at radius 1 is 1.61 bits per heavy atom. The highest BCUT2D eigenvalue weighted by Crippen LogP contribution is 2.34. The molecule has 0 radical (unpaired) electrons. The van der Waals surface area contributed by atoms with Crippen molar-refractivity contribution in [2.45, 2.75) is 33.7 Å². The molecule has 1 aliphatic heterocycles. The summed E-state index contributed by atoms with van der Waals surface area (Å²) in [6.45, 7) is 8.81. The normalized spacial score (nSPS) is 20.4. The summed E-state index contributed by atoms with van der Waals surface area (Å²) in [5.41, 5.74) is 6.33. The number of nitrogens with zero attached hydrogens (tertiary/aromatic N) is 2. The van der Waals surface area contributed by atoms with Crippen LogP contribution in [0, 0.1) is 11.3 Å². The average molecular weight is 267 g/mol. The average Bonchev–Trinajstić information content (AvgIpc) is 2.96. The molecule has 1 unspecified atom stereocenters. The minimum absolute atomic E-state index is 0.0534. The third-order valence-electron chi connectivity index (χ3n) is 3.65. The van der Waals surface area contributed by atoms with Gasteiger partial charge in [-0.1, -0.05) is 20.8 Å². The maximum atomic E-state index is 12.3. The van der Waals surface area contributed by atoms with Gasteiger partial charge in [-0.25, -0.2) is 4.98 Å². The zero-order valence-corrected chi connectivity index (χ0v) is 12.1. The number of carbonyl (C=O) groups excluding carboxylic acids is 1. The Hall–Kier alpha value is -0.940. The van der Waals surface area contributed by atoms with E-state index in [4.69, 9.17) is 5.73 Å². The number of thiazole rings is 1. The van der Waals surface area contributed by atoms with Gasteiger partial charge in [-0.3, -0.25) is 4.79 Å². The Morgan fingerprint density at radius 3 is 2.83 bits per heavy atom. The van der Waals surface area contributed by atoms with Crippen LogP contribution >= 0.6 is 11.3 Å². The van der Waals surface area contributed by atoms with Crippen LogP contribution in [0.2, 0.25) is 0 Å². The Labute approximate surface area is 112 Å². The molecule has 1 atom stereocenters. The summed E-state index contributed by atoms with van der Waals surface area (Å²) in [7, 11) is 0. The third-order valence-corrected chi connectivity index (χ3v) is 4.52. The number of carbonyl (C=O) groups is 1. The molecule has 1 amide bonds. The topological polar surface area (TPSA) is 59.2 Å². The predicted octanol–water partition coefficient (Wildman–Crippen LogP) is 2.11. The second-order valence-corrected chi connectivity index (χ2v) is 6.88. The second kappa shape index (κ2) is 4.97. The van der Waals surface area contributed by atoms with E-state index < -0.39 is 0 Å². The van der Waals surface area contributed by atoms with Crippen molar-refractivity contribution in [1.82, 2.24) is 9.88 Å². The SMILES string of the molecule is CC(C)(C)C1CCN(C(=O)c2csc(CN)n2)C1. The van der Waals surface area contributed by atoms with Gasteiger partial charge in [0.1, 0.15) is 10.7 Å². The molecule has 0 aliphatic carbocycles. The fourth-order valence-corrected chi connectivity index (χ4v) is 2.96. The number of hydrogen-bond acceptors (Lipinski definition) is 4. The van der Waals surface area contributed by atoms with Gasteiger partial charge in [0.25, 0.3) is 5.91 Å². The van der Waals surface area contributed by atoms with Crippen molar-refractivity contribution in [3.05, 3.63) is 16.1 Å². The van der Waals surface area contributed by atoms with Crippen LogP contribution in [0.15, 0.2) is 5.38 Å². The van der Waals surface area contributed by atoms with Gasteiger partial charge in [-0.05, 0) is 17.8 Å². The van der Waals surface area contributed by atoms with Crippen LogP contribution in [0.4, 0.5) is 0 Å². The van der Waals surface area contributed by atoms with E-state index in [1.54, 1.807) is 0 Å². The van der Waals surface area contributed by atoms with E-state index in [-0.39, 0.29) is 11.3 Å². The quantitative estimate of drug-likeness (QED) is 0.892. The minimum atomic E-state index is 0.0534. The van der Waals surface area contributed by atoms with Crippen molar-refractivity contribution < 1.29 is 4.79 Å². The first-order valence-corrected chi connectivity index (χ1v) is 7.23. The second-order valence-electron chi connectivity index (χ2n) is 5.93. The van der Waals surface area contributed by atoms with E-state index in [0.717, 1.165) is 24.5 Å². The Balaban J connectivity index is 2.03. The number of likely N-dealkylation sites (tertiary alicyclic amines) is 1. The van der Waals surface area contributed by atoms with E-state index in [9.17, 15) is 4.79 Å². The summed E-state index contributed by atoms with van der Waals surface area (Å²) >= 11 is 1.46. The molecule has 1 fully saturated rings. The largest absolute Gasteiger partial charge is 0.337 e. The van der Waals surface area contributed by atoms with Crippen LogP contribution in [-0.4, -0.2) is 28.9 Å². The molecular weight excluding hydrogens is 246 g/mol. The zero-order valence-electron chi connectivity index (χ0n) is 11.3. The highest BCUT2D eigenvalue weighted by molar-refractivity contribution is 7.09. The van der Waals surface area contributed by atoms with Crippen molar-refractivity contribution >= 4 is 17.2 Å². The van der Waals surface area contributed by atoms with Crippen LogP contribution < -0.4 is 5.73 Å². The van der Waals surface area contributed by atoms with Crippen molar-refractivity contribution in [1.29, 1.82) is 0 Å². The molecule has 4 nitrogen and oxygen atoms in total. The molecule has 0 saturated carbocycles. The molecule has 2 rings (SSSR count). The monoisotopic (exact) mass is 267 g/mol. The molecule has 1 aliphatic rings. The summed E-state index contributed by atoms with van der Waals surface area (Å²) in [5.74, 6) is 0.631. The van der Waals surface area contributed by atoms with E-state index in [1.807, 2.05) is 10.3 Å². The van der Waals surface area contributed by atoms with Crippen LogP contribution in [-0.2, 0) is 6.54 Å². The number of amides is 1. The van der Waals surface area contributed by atoms with E-state index in [0.29, 0.717) is 18.2 Å². The molecular formula is C13H21N3OS. The lowest BCUT2D eigenvalue weighted by Gasteiger charge is -2.26. The first-order chi connectivity index (χ1) is 8.41. The van der Waals surface area contributed by atoms with Gasteiger partial charge in [-0.2, -0.15) is 0 Å². The van der Waals surface area contributed by atoms with Gasteiger partial charge < -0.3 is 10.6 Å². The van der Waals surface area contributed by atoms with Crippen LogP contribution in [0.3, 0.4) is 0 Å². The van der Waals surface area contributed by atoms with E-state index in [2.05, 4.69) is 25.8 Å². The third kappa shape index (κ3) is 2.72. The highest BCUT2D eigenvalue weighted by atomic mass is 32.1. The van der Waals surface area contributed by atoms with Gasteiger partial charge in [0.2, 0.25) is 0 Å². The molecule has 1 aromatic rings. The maximum Gasteiger partial charge on any atom is 0.273 e. The van der Waals surface area contributed by atoms with Crippen LogP contribution in [0.1, 0.15) is 42.7 Å². The predicted molar refractivity (Wildman–Crippen MR) is 73.5 cm³/mol. The highest BCUT2D eigenvalue weighted by Gasteiger charge is 2.34. The molecule has 2 heterocycles. The Morgan fingerprint density at radius 2 is 2.33 bits per heavy atom. The lowest BCUT2D eigenvalue weighted by atomic mass is 9.80. The first kappa shape index (κ1) is 13.5. The van der Waals surface area contributed by atoms with Crippen molar-refractivity contribution in [3.8, 4) is 0 Å². The van der Waals surface area contributed by atoms with Crippen LogP contribution in [0.5, 0.6) is 0 Å². The molecule has 2 N–H and O–H groups in total. The fraction of sp³-hybridized carbons (Fsp3) is 0.692. The fourth-order valence-electron chi connectivity index (χ4n) is 2.32. The van der Waals surface area contributed by atoms with Crippen molar-refractivity contribution in [2.24, 2.45) is 17.1 Å². The number of nitrogens with two attached hydrogens (primary N) is 1.